The molecule has 0 aromatic heterocycles. The third-order valence-electron chi connectivity index (χ3n) is 1.75. The molecule has 0 fully saturated rings. The standard InChI is InChI=1S/C6H5F9O2/c7-3(8,1-16)4(9,10)2(17)5(11,12)6(13,14)15/h2,16-17H,1H2. The summed E-state index contributed by atoms with van der Waals surface area (Å²) in [6, 6.07) is 0. The molecule has 0 aliphatic heterocycles. The highest BCUT2D eigenvalue weighted by molar-refractivity contribution is 4.99. The highest BCUT2D eigenvalue weighted by Gasteiger charge is 2.74. The van der Waals surface area contributed by atoms with E-state index in [4.69, 9.17) is 10.2 Å². The minimum atomic E-state index is -6.64. The Balaban J connectivity index is 5.38. The summed E-state index contributed by atoms with van der Waals surface area (Å²) in [5.74, 6) is -18.2. The largest absolute Gasteiger partial charge is 0.456 e. The van der Waals surface area contributed by atoms with Gasteiger partial charge in [-0.2, -0.15) is 39.5 Å². The van der Waals surface area contributed by atoms with Crippen LogP contribution in [0.5, 0.6) is 0 Å². The fourth-order valence-corrected chi connectivity index (χ4v) is 0.688. The fraction of sp³-hybridized carbons (Fsp3) is 1.00. The molecule has 0 rings (SSSR count). The third kappa shape index (κ3) is 2.59. The summed E-state index contributed by atoms with van der Waals surface area (Å²) < 4.78 is 109. The van der Waals surface area contributed by atoms with Crippen molar-refractivity contribution in [1.82, 2.24) is 0 Å². The Kier molecular flexibility index (Phi) is 4.02. The van der Waals surface area contributed by atoms with Gasteiger partial charge in [-0.05, 0) is 0 Å². The van der Waals surface area contributed by atoms with Gasteiger partial charge in [0.1, 0.15) is 6.61 Å². The van der Waals surface area contributed by atoms with E-state index in [1.165, 1.54) is 0 Å². The predicted molar refractivity (Wildman–Crippen MR) is 34.0 cm³/mol. The molecule has 104 valence electrons. The van der Waals surface area contributed by atoms with Crippen LogP contribution in [0.15, 0.2) is 0 Å². The molecule has 1 unspecified atom stereocenters. The summed E-state index contributed by atoms with van der Waals surface area (Å²) in [6.45, 7) is -2.70. The highest BCUT2D eigenvalue weighted by atomic mass is 19.4. The Hall–Kier alpha value is -0.710. The van der Waals surface area contributed by atoms with E-state index in [1.807, 2.05) is 0 Å². The van der Waals surface area contributed by atoms with Gasteiger partial charge in [0.25, 0.3) is 0 Å². The molecule has 0 spiro atoms. The van der Waals surface area contributed by atoms with Crippen molar-refractivity contribution < 1.29 is 49.7 Å². The van der Waals surface area contributed by atoms with Crippen LogP contribution in [0, 0.1) is 0 Å². The molecular weight excluding hydrogens is 275 g/mol. The SMILES string of the molecule is OCC(F)(F)C(F)(F)C(O)C(F)(F)C(F)(F)F. The number of halogens is 9. The molecule has 0 aliphatic carbocycles. The monoisotopic (exact) mass is 280 g/mol. The van der Waals surface area contributed by atoms with Crippen LogP contribution in [0.25, 0.3) is 0 Å². The Morgan fingerprint density at radius 2 is 1.12 bits per heavy atom. The number of aliphatic hydroxyl groups excluding tert-OH is 2. The minimum Gasteiger partial charge on any atom is -0.390 e. The molecule has 0 bridgehead atoms. The maximum absolute atomic E-state index is 12.5. The molecule has 0 aromatic rings. The van der Waals surface area contributed by atoms with Crippen molar-refractivity contribution in [2.45, 2.75) is 30.0 Å². The van der Waals surface area contributed by atoms with Crippen LogP contribution in [0.1, 0.15) is 0 Å². The molecule has 0 saturated carbocycles. The lowest BCUT2D eigenvalue weighted by molar-refractivity contribution is -0.367. The van der Waals surface area contributed by atoms with Gasteiger partial charge in [-0.15, -0.1) is 0 Å². The first-order valence-electron chi connectivity index (χ1n) is 3.71. The van der Waals surface area contributed by atoms with E-state index in [9.17, 15) is 39.5 Å². The molecular formula is C6H5F9O2. The van der Waals surface area contributed by atoms with E-state index < -0.39 is 36.7 Å². The topological polar surface area (TPSA) is 40.5 Å². The molecule has 11 heteroatoms. The second-order valence-corrected chi connectivity index (χ2v) is 3.01. The average Bonchev–Trinajstić information content (AvgIpc) is 2.14. The van der Waals surface area contributed by atoms with E-state index in [1.54, 1.807) is 0 Å². The van der Waals surface area contributed by atoms with E-state index in [2.05, 4.69) is 0 Å². The zero-order valence-electron chi connectivity index (χ0n) is 7.58. The van der Waals surface area contributed by atoms with Gasteiger partial charge in [0, 0.05) is 0 Å². The number of alkyl halides is 9. The third-order valence-corrected chi connectivity index (χ3v) is 1.75. The van der Waals surface area contributed by atoms with Crippen molar-refractivity contribution in [3.63, 3.8) is 0 Å². The number of rotatable bonds is 4. The fourth-order valence-electron chi connectivity index (χ4n) is 0.688. The molecule has 0 saturated heterocycles. The van der Waals surface area contributed by atoms with Crippen LogP contribution >= 0.6 is 0 Å². The molecule has 1 atom stereocenters. The highest BCUT2D eigenvalue weighted by Crippen LogP contribution is 2.47. The molecule has 17 heavy (non-hydrogen) atoms. The summed E-state index contributed by atoms with van der Waals surface area (Å²) in [5, 5.41) is 15.9. The zero-order chi connectivity index (χ0) is 14.3. The molecule has 0 radical (unpaired) electrons. The second kappa shape index (κ2) is 4.19. The maximum atomic E-state index is 12.5. The first-order chi connectivity index (χ1) is 7.22. The Bertz CT molecular complexity index is 271. The lowest BCUT2D eigenvalue weighted by atomic mass is 10.00. The summed E-state index contributed by atoms with van der Waals surface area (Å²) >= 11 is 0. The van der Waals surface area contributed by atoms with E-state index in [0.29, 0.717) is 0 Å². The van der Waals surface area contributed by atoms with Crippen molar-refractivity contribution in [2.75, 3.05) is 6.61 Å². The minimum absolute atomic E-state index is 2.70. The molecule has 0 heterocycles. The Morgan fingerprint density at radius 1 is 0.765 bits per heavy atom. The Labute approximate surface area is 87.6 Å². The summed E-state index contributed by atoms with van der Waals surface area (Å²) in [5.41, 5.74) is 0. The van der Waals surface area contributed by atoms with Crippen LogP contribution in [0.4, 0.5) is 39.5 Å². The summed E-state index contributed by atoms with van der Waals surface area (Å²) in [7, 11) is 0. The van der Waals surface area contributed by atoms with Crippen LogP contribution < -0.4 is 0 Å². The Morgan fingerprint density at radius 3 is 1.35 bits per heavy atom. The van der Waals surface area contributed by atoms with Gasteiger partial charge >= 0.3 is 23.9 Å². The molecule has 0 aromatic carbocycles. The van der Waals surface area contributed by atoms with Gasteiger partial charge in [-0.3, -0.25) is 0 Å². The maximum Gasteiger partial charge on any atom is 0.456 e. The lowest BCUT2D eigenvalue weighted by Crippen LogP contribution is -2.62. The van der Waals surface area contributed by atoms with E-state index >= 15 is 0 Å². The first-order valence-corrected chi connectivity index (χ1v) is 3.71. The van der Waals surface area contributed by atoms with Gasteiger partial charge in [0.05, 0.1) is 0 Å². The molecule has 2 nitrogen and oxygen atoms in total. The van der Waals surface area contributed by atoms with Crippen molar-refractivity contribution in [2.24, 2.45) is 0 Å². The predicted octanol–water partition coefficient (Wildman–Crippen LogP) is 1.81. The van der Waals surface area contributed by atoms with Crippen molar-refractivity contribution in [3.05, 3.63) is 0 Å². The van der Waals surface area contributed by atoms with Gasteiger partial charge < -0.3 is 10.2 Å². The first kappa shape index (κ1) is 16.3. The molecule has 2 N–H and O–H groups in total. The number of aliphatic hydroxyl groups is 2. The normalized spacial score (nSPS) is 17.1. The molecule has 0 aliphatic rings. The van der Waals surface area contributed by atoms with Crippen molar-refractivity contribution >= 4 is 0 Å². The van der Waals surface area contributed by atoms with Crippen LogP contribution in [-0.4, -0.2) is 46.9 Å². The van der Waals surface area contributed by atoms with E-state index in [-0.39, 0.29) is 0 Å². The van der Waals surface area contributed by atoms with Crippen LogP contribution in [-0.2, 0) is 0 Å². The van der Waals surface area contributed by atoms with Crippen LogP contribution in [0.3, 0.4) is 0 Å². The van der Waals surface area contributed by atoms with Crippen molar-refractivity contribution in [3.8, 4) is 0 Å². The van der Waals surface area contributed by atoms with Gasteiger partial charge in [-0.25, -0.2) is 0 Å². The summed E-state index contributed by atoms with van der Waals surface area (Å²) in [6.07, 6.45) is -11.7. The van der Waals surface area contributed by atoms with Crippen molar-refractivity contribution in [1.29, 1.82) is 0 Å². The zero-order valence-corrected chi connectivity index (χ0v) is 7.58. The smallest absolute Gasteiger partial charge is 0.390 e. The average molecular weight is 280 g/mol. The lowest BCUT2D eigenvalue weighted by Gasteiger charge is -2.33. The van der Waals surface area contributed by atoms with Crippen LogP contribution in [0.2, 0.25) is 0 Å². The van der Waals surface area contributed by atoms with E-state index in [0.717, 1.165) is 0 Å². The van der Waals surface area contributed by atoms with Gasteiger partial charge in [0.2, 0.25) is 0 Å². The number of hydrogen-bond donors (Lipinski definition) is 2. The molecule has 0 amide bonds. The quantitative estimate of drug-likeness (QED) is 0.771. The van der Waals surface area contributed by atoms with Gasteiger partial charge in [-0.1, -0.05) is 0 Å². The number of hydrogen-bond acceptors (Lipinski definition) is 2. The summed E-state index contributed by atoms with van der Waals surface area (Å²) in [4.78, 5) is 0. The second-order valence-electron chi connectivity index (χ2n) is 3.01. The van der Waals surface area contributed by atoms with Gasteiger partial charge in [0.15, 0.2) is 6.10 Å².